The van der Waals surface area contributed by atoms with Gasteiger partial charge in [-0.1, -0.05) is 43.7 Å². The normalized spacial score (nSPS) is 11.6. The molecule has 2 nitrogen and oxygen atoms in total. The van der Waals surface area contributed by atoms with E-state index in [9.17, 15) is 8.78 Å². The molecule has 0 saturated heterocycles. The van der Waals surface area contributed by atoms with Crippen molar-refractivity contribution in [2.24, 2.45) is 10.2 Å². The molecular weight excluding hydrogens is 282 g/mol. The van der Waals surface area contributed by atoms with Crippen LogP contribution in [0.5, 0.6) is 0 Å². The molecule has 0 radical (unpaired) electrons. The topological polar surface area (TPSA) is 24.7 Å². The van der Waals surface area contributed by atoms with E-state index in [1.165, 1.54) is 30.7 Å². The molecule has 0 aliphatic rings. The summed E-state index contributed by atoms with van der Waals surface area (Å²) in [7, 11) is 0. The van der Waals surface area contributed by atoms with Crippen LogP contribution in [0.15, 0.2) is 52.7 Å². The minimum absolute atomic E-state index is 0.464. The Hall–Kier alpha value is -2.36. The molecule has 0 atom stereocenters. The summed E-state index contributed by atoms with van der Waals surface area (Å²) in [6, 6.07) is 11.7. The van der Waals surface area contributed by atoms with Crippen LogP contribution in [0.25, 0.3) is 0 Å². The maximum atomic E-state index is 13.0. The molecule has 0 aromatic heterocycles. The molecular formula is C18H18F2N2. The smallest absolute Gasteiger partial charge is 0.159 e. The van der Waals surface area contributed by atoms with Gasteiger partial charge in [0.05, 0.1) is 12.4 Å². The van der Waals surface area contributed by atoms with Gasteiger partial charge in [0.25, 0.3) is 0 Å². The predicted octanol–water partition coefficient (Wildman–Crippen LogP) is 4.76. The van der Waals surface area contributed by atoms with Crippen LogP contribution in [0.1, 0.15) is 36.5 Å². The number of nitrogens with zero attached hydrogens (tertiary/aromatic N) is 2. The molecule has 2 rings (SSSR count). The second-order valence-corrected chi connectivity index (χ2v) is 5.01. The summed E-state index contributed by atoms with van der Waals surface area (Å²) in [6.07, 6.45) is 6.46. The van der Waals surface area contributed by atoms with E-state index < -0.39 is 11.6 Å². The molecule has 2 aromatic carbocycles. The molecule has 0 aliphatic carbocycles. The van der Waals surface area contributed by atoms with E-state index in [0.29, 0.717) is 5.56 Å². The van der Waals surface area contributed by atoms with Crippen molar-refractivity contribution >= 4 is 12.4 Å². The summed E-state index contributed by atoms with van der Waals surface area (Å²) in [6.45, 7) is 2.17. The van der Waals surface area contributed by atoms with Crippen molar-refractivity contribution in [3.63, 3.8) is 0 Å². The fourth-order valence-electron chi connectivity index (χ4n) is 1.94. The Balaban J connectivity index is 1.93. The molecule has 114 valence electrons. The van der Waals surface area contributed by atoms with Gasteiger partial charge in [-0.05, 0) is 41.7 Å². The summed E-state index contributed by atoms with van der Waals surface area (Å²) in [5.74, 6) is -1.76. The minimum Gasteiger partial charge on any atom is -0.204 e. The molecule has 2 aromatic rings. The lowest BCUT2D eigenvalue weighted by molar-refractivity contribution is 0.508. The Morgan fingerprint density at radius 3 is 2.14 bits per heavy atom. The summed E-state index contributed by atoms with van der Waals surface area (Å²) in [5.41, 5.74) is 2.72. The van der Waals surface area contributed by atoms with Crippen molar-refractivity contribution in [2.45, 2.75) is 26.2 Å². The highest BCUT2D eigenvalue weighted by molar-refractivity contribution is 5.82. The number of halogens is 2. The Kier molecular flexibility index (Phi) is 5.95. The first-order valence-electron chi connectivity index (χ1n) is 7.29. The van der Waals surface area contributed by atoms with Crippen LogP contribution in [-0.4, -0.2) is 12.4 Å². The van der Waals surface area contributed by atoms with E-state index in [2.05, 4.69) is 29.3 Å². The van der Waals surface area contributed by atoms with E-state index in [0.717, 1.165) is 24.1 Å². The van der Waals surface area contributed by atoms with Crippen molar-refractivity contribution in [3.8, 4) is 0 Å². The highest BCUT2D eigenvalue weighted by atomic mass is 19.2. The van der Waals surface area contributed by atoms with Gasteiger partial charge in [0.15, 0.2) is 11.6 Å². The monoisotopic (exact) mass is 300 g/mol. The lowest BCUT2D eigenvalue weighted by Gasteiger charge is -1.99. The summed E-state index contributed by atoms with van der Waals surface area (Å²) in [5, 5.41) is 7.74. The zero-order valence-corrected chi connectivity index (χ0v) is 12.5. The van der Waals surface area contributed by atoms with E-state index in [-0.39, 0.29) is 0 Å². The SMILES string of the molecule is CCCCc1ccc(/C=N/N=C/c2ccc(F)c(F)c2)cc1. The van der Waals surface area contributed by atoms with Gasteiger partial charge in [-0.2, -0.15) is 10.2 Å². The van der Waals surface area contributed by atoms with Crippen LogP contribution in [0.2, 0.25) is 0 Å². The van der Waals surface area contributed by atoms with Gasteiger partial charge >= 0.3 is 0 Å². The molecule has 0 heterocycles. The number of aryl methyl sites for hydroxylation is 1. The molecule has 22 heavy (non-hydrogen) atoms. The van der Waals surface area contributed by atoms with Crippen LogP contribution in [0, 0.1) is 11.6 Å². The van der Waals surface area contributed by atoms with Crippen LogP contribution in [0.3, 0.4) is 0 Å². The first-order chi connectivity index (χ1) is 10.7. The van der Waals surface area contributed by atoms with Crippen molar-refractivity contribution in [3.05, 3.63) is 70.8 Å². The summed E-state index contributed by atoms with van der Waals surface area (Å²) >= 11 is 0. The van der Waals surface area contributed by atoms with Gasteiger partial charge < -0.3 is 0 Å². The lowest BCUT2D eigenvalue weighted by atomic mass is 10.1. The van der Waals surface area contributed by atoms with Gasteiger partial charge in [-0.25, -0.2) is 8.78 Å². The summed E-state index contributed by atoms with van der Waals surface area (Å²) < 4.78 is 25.8. The fourth-order valence-corrected chi connectivity index (χ4v) is 1.94. The second kappa shape index (κ2) is 8.17. The zero-order valence-electron chi connectivity index (χ0n) is 12.5. The average Bonchev–Trinajstić information content (AvgIpc) is 2.54. The maximum Gasteiger partial charge on any atom is 0.159 e. The first-order valence-corrected chi connectivity index (χ1v) is 7.29. The molecule has 0 fully saturated rings. The van der Waals surface area contributed by atoms with Gasteiger partial charge in [-0.15, -0.1) is 0 Å². The third kappa shape index (κ3) is 4.88. The molecule has 0 saturated carbocycles. The molecule has 0 unspecified atom stereocenters. The Morgan fingerprint density at radius 2 is 1.50 bits per heavy atom. The molecule has 0 N–H and O–H groups in total. The van der Waals surface area contributed by atoms with Gasteiger partial charge in [0, 0.05) is 0 Å². The highest BCUT2D eigenvalue weighted by Gasteiger charge is 2.00. The van der Waals surface area contributed by atoms with Crippen LogP contribution >= 0.6 is 0 Å². The third-order valence-corrected chi connectivity index (χ3v) is 3.22. The standard InChI is InChI=1S/C18H18F2N2/c1-2-3-4-14-5-7-15(8-6-14)12-21-22-13-16-9-10-17(19)18(20)11-16/h5-13H,2-4H2,1H3/b21-12+,22-13+. The number of unbranched alkanes of at least 4 members (excludes halogenated alkanes) is 1. The summed E-state index contributed by atoms with van der Waals surface area (Å²) in [4.78, 5) is 0. The van der Waals surface area contributed by atoms with Crippen LogP contribution < -0.4 is 0 Å². The Morgan fingerprint density at radius 1 is 0.864 bits per heavy atom. The van der Waals surface area contributed by atoms with E-state index in [4.69, 9.17) is 0 Å². The zero-order chi connectivity index (χ0) is 15.8. The van der Waals surface area contributed by atoms with Crippen molar-refractivity contribution in [1.82, 2.24) is 0 Å². The first kappa shape index (κ1) is 16.0. The molecule has 4 heteroatoms. The van der Waals surface area contributed by atoms with E-state index in [1.807, 2.05) is 12.1 Å². The lowest BCUT2D eigenvalue weighted by Crippen LogP contribution is -1.88. The number of rotatable bonds is 6. The molecule has 0 bridgehead atoms. The number of hydrogen-bond donors (Lipinski definition) is 0. The highest BCUT2D eigenvalue weighted by Crippen LogP contribution is 2.08. The van der Waals surface area contributed by atoms with Gasteiger partial charge in [-0.3, -0.25) is 0 Å². The number of benzene rings is 2. The number of hydrogen-bond acceptors (Lipinski definition) is 2. The third-order valence-electron chi connectivity index (χ3n) is 3.22. The van der Waals surface area contributed by atoms with Crippen LogP contribution in [-0.2, 0) is 6.42 Å². The van der Waals surface area contributed by atoms with Crippen molar-refractivity contribution in [1.29, 1.82) is 0 Å². The largest absolute Gasteiger partial charge is 0.204 e. The van der Waals surface area contributed by atoms with Gasteiger partial charge in [0.1, 0.15) is 0 Å². The second-order valence-electron chi connectivity index (χ2n) is 5.01. The molecule has 0 spiro atoms. The quantitative estimate of drug-likeness (QED) is 0.543. The Labute approximate surface area is 129 Å². The van der Waals surface area contributed by atoms with Crippen molar-refractivity contribution in [2.75, 3.05) is 0 Å². The maximum absolute atomic E-state index is 13.0. The van der Waals surface area contributed by atoms with Gasteiger partial charge in [0.2, 0.25) is 0 Å². The van der Waals surface area contributed by atoms with Crippen LogP contribution in [0.4, 0.5) is 8.78 Å². The average molecular weight is 300 g/mol. The van der Waals surface area contributed by atoms with E-state index in [1.54, 1.807) is 6.21 Å². The molecule has 0 amide bonds. The Bertz CT molecular complexity index is 661. The van der Waals surface area contributed by atoms with E-state index >= 15 is 0 Å². The molecule has 0 aliphatic heterocycles. The predicted molar refractivity (Wildman–Crippen MR) is 86.6 cm³/mol. The minimum atomic E-state index is -0.893. The van der Waals surface area contributed by atoms with Crippen molar-refractivity contribution < 1.29 is 8.78 Å². The fraction of sp³-hybridized carbons (Fsp3) is 0.222.